The number of likely N-dealkylation sites (N-methyl/N-ethyl adjacent to an activating group) is 2. The third-order valence-corrected chi connectivity index (χ3v) is 7.77. The second-order valence-corrected chi connectivity index (χ2v) is 10.4. The number of hydrogen-bond donors (Lipinski definition) is 0. The van der Waals surface area contributed by atoms with E-state index >= 15 is 0 Å². The molecule has 3 aromatic rings. The number of nitrogens with zero attached hydrogens (tertiary/aromatic N) is 7. The average Bonchev–Trinajstić information content (AvgIpc) is 3.20. The summed E-state index contributed by atoms with van der Waals surface area (Å²) in [6.45, 7) is 8.98. The maximum absolute atomic E-state index is 5.18. The fourth-order valence-corrected chi connectivity index (χ4v) is 5.44. The monoisotopic (exact) mass is 457 g/mol. The van der Waals surface area contributed by atoms with E-state index < -0.39 is 0 Å². The van der Waals surface area contributed by atoms with Gasteiger partial charge in [0.1, 0.15) is 5.82 Å². The van der Waals surface area contributed by atoms with Crippen molar-refractivity contribution < 1.29 is 0 Å². The van der Waals surface area contributed by atoms with Crippen molar-refractivity contribution in [2.45, 2.75) is 25.7 Å². The zero-order chi connectivity index (χ0) is 23.2. The van der Waals surface area contributed by atoms with Crippen molar-refractivity contribution in [1.29, 1.82) is 0 Å². The standard InChI is InChI=1S/C27H35N7/c1-30(2)22-16-34(17-22)27-28-25-19-32(15-21-9-6-8-20-7-4-5-10-23(20)21)18-24(25)26(29-27)33-13-11-31(3)12-14-33/h4-10,22H,11-19H2,1-3H3. The van der Waals surface area contributed by atoms with E-state index in [1.165, 1.54) is 33.4 Å². The van der Waals surface area contributed by atoms with Crippen LogP contribution in [-0.2, 0) is 19.6 Å². The number of anilines is 2. The van der Waals surface area contributed by atoms with Gasteiger partial charge in [0, 0.05) is 70.5 Å². The third-order valence-electron chi connectivity index (χ3n) is 7.77. The van der Waals surface area contributed by atoms with Gasteiger partial charge in [0.25, 0.3) is 0 Å². The van der Waals surface area contributed by atoms with Crippen molar-refractivity contribution >= 4 is 22.5 Å². The smallest absolute Gasteiger partial charge is 0.227 e. The number of aromatic nitrogens is 2. The SMILES string of the molecule is CN1CCN(c2nc(N3CC(N(C)C)C3)nc3c2CN(Cc2cccc4ccccc24)C3)CC1. The highest BCUT2D eigenvalue weighted by Crippen LogP contribution is 2.34. The van der Waals surface area contributed by atoms with Gasteiger partial charge in [-0.15, -0.1) is 0 Å². The topological polar surface area (TPSA) is 42.0 Å². The lowest BCUT2D eigenvalue weighted by Gasteiger charge is -2.43. The van der Waals surface area contributed by atoms with Gasteiger partial charge in [0.05, 0.1) is 5.69 Å². The number of benzene rings is 2. The van der Waals surface area contributed by atoms with E-state index in [0.717, 1.165) is 64.9 Å². The van der Waals surface area contributed by atoms with Crippen LogP contribution in [0, 0.1) is 0 Å². The summed E-state index contributed by atoms with van der Waals surface area (Å²) in [5.41, 5.74) is 3.93. The first-order valence-electron chi connectivity index (χ1n) is 12.5. The maximum atomic E-state index is 5.18. The van der Waals surface area contributed by atoms with Crippen molar-refractivity contribution in [3.05, 3.63) is 59.3 Å². The summed E-state index contributed by atoms with van der Waals surface area (Å²) in [4.78, 5) is 22.4. The Bertz CT molecular complexity index is 1170. The largest absolute Gasteiger partial charge is 0.354 e. The maximum Gasteiger partial charge on any atom is 0.227 e. The number of rotatable bonds is 5. The van der Waals surface area contributed by atoms with Crippen molar-refractivity contribution in [2.24, 2.45) is 0 Å². The van der Waals surface area contributed by atoms with E-state index in [4.69, 9.17) is 9.97 Å². The minimum Gasteiger partial charge on any atom is -0.354 e. The Balaban J connectivity index is 1.28. The molecular formula is C27H35N7. The van der Waals surface area contributed by atoms with E-state index in [9.17, 15) is 0 Å². The molecule has 0 amide bonds. The molecule has 0 atom stereocenters. The van der Waals surface area contributed by atoms with Crippen molar-refractivity contribution in [3.63, 3.8) is 0 Å². The lowest BCUT2D eigenvalue weighted by Crippen LogP contribution is -2.58. The first-order chi connectivity index (χ1) is 16.5. The molecule has 0 bridgehead atoms. The third kappa shape index (κ3) is 4.02. The van der Waals surface area contributed by atoms with E-state index in [1.807, 2.05) is 0 Å². The molecule has 0 aliphatic carbocycles. The summed E-state index contributed by atoms with van der Waals surface area (Å²) >= 11 is 0. The van der Waals surface area contributed by atoms with E-state index in [-0.39, 0.29) is 0 Å². The van der Waals surface area contributed by atoms with Gasteiger partial charge in [-0.05, 0) is 37.5 Å². The summed E-state index contributed by atoms with van der Waals surface area (Å²) in [6.07, 6.45) is 0. The van der Waals surface area contributed by atoms with Crippen LogP contribution in [0.15, 0.2) is 42.5 Å². The van der Waals surface area contributed by atoms with Gasteiger partial charge in [0.15, 0.2) is 0 Å². The molecule has 4 heterocycles. The Morgan fingerprint density at radius 2 is 1.65 bits per heavy atom. The van der Waals surface area contributed by atoms with Crippen LogP contribution in [0.5, 0.6) is 0 Å². The first kappa shape index (κ1) is 21.8. The lowest BCUT2D eigenvalue weighted by atomic mass is 10.0. The molecule has 2 saturated heterocycles. The Labute approximate surface area is 202 Å². The molecule has 2 aromatic carbocycles. The predicted octanol–water partition coefficient (Wildman–Crippen LogP) is 2.65. The van der Waals surface area contributed by atoms with Crippen LogP contribution >= 0.6 is 0 Å². The zero-order valence-electron chi connectivity index (χ0n) is 20.6. The van der Waals surface area contributed by atoms with Gasteiger partial charge in [-0.1, -0.05) is 42.5 Å². The molecule has 7 nitrogen and oxygen atoms in total. The Hall–Kier alpha value is -2.74. The highest BCUT2D eigenvalue weighted by molar-refractivity contribution is 5.85. The van der Waals surface area contributed by atoms with Gasteiger partial charge >= 0.3 is 0 Å². The molecule has 34 heavy (non-hydrogen) atoms. The highest BCUT2D eigenvalue weighted by atomic mass is 15.4. The summed E-state index contributed by atoms with van der Waals surface area (Å²) < 4.78 is 0. The van der Waals surface area contributed by atoms with Crippen LogP contribution in [-0.4, -0.2) is 91.1 Å². The van der Waals surface area contributed by atoms with E-state index in [1.54, 1.807) is 0 Å². The minimum absolute atomic E-state index is 0.590. The van der Waals surface area contributed by atoms with Crippen LogP contribution in [0.1, 0.15) is 16.8 Å². The molecule has 2 fully saturated rings. The predicted molar refractivity (Wildman–Crippen MR) is 138 cm³/mol. The molecule has 1 aromatic heterocycles. The van der Waals surface area contributed by atoms with Gasteiger partial charge in [0.2, 0.25) is 5.95 Å². The molecule has 3 aliphatic heterocycles. The molecule has 7 heteroatoms. The van der Waals surface area contributed by atoms with Crippen molar-refractivity contribution in [1.82, 2.24) is 24.7 Å². The molecule has 0 saturated carbocycles. The quantitative estimate of drug-likeness (QED) is 0.584. The average molecular weight is 458 g/mol. The highest BCUT2D eigenvalue weighted by Gasteiger charge is 2.34. The van der Waals surface area contributed by atoms with E-state index in [2.05, 4.69) is 88.1 Å². The van der Waals surface area contributed by atoms with Gasteiger partial charge in [-0.2, -0.15) is 4.98 Å². The number of hydrogen-bond acceptors (Lipinski definition) is 7. The molecule has 178 valence electrons. The molecule has 6 rings (SSSR count). The van der Waals surface area contributed by atoms with Gasteiger partial charge in [-0.3, -0.25) is 4.90 Å². The van der Waals surface area contributed by atoms with Crippen LogP contribution in [0.25, 0.3) is 10.8 Å². The zero-order valence-corrected chi connectivity index (χ0v) is 20.6. The van der Waals surface area contributed by atoms with Crippen LogP contribution in [0.4, 0.5) is 11.8 Å². The Morgan fingerprint density at radius 3 is 2.44 bits per heavy atom. The molecule has 3 aliphatic rings. The summed E-state index contributed by atoms with van der Waals surface area (Å²) in [6, 6.07) is 15.9. The molecule has 0 radical (unpaired) electrons. The fraction of sp³-hybridized carbons (Fsp3) is 0.481. The number of fused-ring (bicyclic) bond motifs is 2. The fourth-order valence-electron chi connectivity index (χ4n) is 5.44. The molecule has 0 unspecified atom stereocenters. The van der Waals surface area contributed by atoms with Crippen LogP contribution in [0.2, 0.25) is 0 Å². The summed E-state index contributed by atoms with van der Waals surface area (Å²) in [7, 11) is 6.53. The molecule has 0 N–H and O–H groups in total. The second kappa shape index (κ2) is 8.80. The van der Waals surface area contributed by atoms with Crippen molar-refractivity contribution in [3.8, 4) is 0 Å². The normalized spacial score (nSPS) is 19.8. The molecule has 0 spiro atoms. The molecular weight excluding hydrogens is 422 g/mol. The van der Waals surface area contributed by atoms with Gasteiger partial charge in [-0.25, -0.2) is 4.98 Å². The van der Waals surface area contributed by atoms with Crippen LogP contribution in [0.3, 0.4) is 0 Å². The second-order valence-electron chi connectivity index (χ2n) is 10.4. The Kier molecular flexibility index (Phi) is 5.63. The Morgan fingerprint density at radius 1 is 0.882 bits per heavy atom. The summed E-state index contributed by atoms with van der Waals surface area (Å²) in [5.74, 6) is 2.08. The van der Waals surface area contributed by atoms with Gasteiger partial charge < -0.3 is 19.6 Å². The number of piperazine rings is 1. The van der Waals surface area contributed by atoms with Crippen LogP contribution < -0.4 is 9.80 Å². The summed E-state index contributed by atoms with van der Waals surface area (Å²) in [5, 5.41) is 2.66. The lowest BCUT2D eigenvalue weighted by molar-refractivity contribution is 0.244. The van der Waals surface area contributed by atoms with E-state index in [0.29, 0.717) is 6.04 Å². The van der Waals surface area contributed by atoms with Crippen molar-refractivity contribution in [2.75, 3.05) is 70.2 Å². The minimum atomic E-state index is 0.590. The first-order valence-corrected chi connectivity index (χ1v) is 12.5.